The highest BCUT2D eigenvalue weighted by atomic mass is 16.5. The Labute approximate surface area is 82.9 Å². The largest absolute Gasteiger partial charge is 0.491 e. The fourth-order valence-corrected chi connectivity index (χ4v) is 1.56. The number of hydrogen-bond donors (Lipinski definition) is 1. The van der Waals surface area contributed by atoms with E-state index in [9.17, 15) is 4.79 Å². The van der Waals surface area contributed by atoms with Crippen LogP contribution in [0.15, 0.2) is 12.1 Å². The summed E-state index contributed by atoms with van der Waals surface area (Å²) in [5.41, 5.74) is 8.45. The molecule has 1 aromatic rings. The standard InChI is InChI=1S/C11H13NO2/c1-6-3-8-10(4-7(6)2)14-5-9(12)11(8)13/h3-4,9H,5,12H2,1-2H3. The van der Waals surface area contributed by atoms with Crippen molar-refractivity contribution in [3.63, 3.8) is 0 Å². The van der Waals surface area contributed by atoms with Crippen LogP contribution in [0.25, 0.3) is 0 Å². The number of rotatable bonds is 0. The molecule has 1 aliphatic rings. The summed E-state index contributed by atoms with van der Waals surface area (Å²) in [5.74, 6) is 0.647. The highest BCUT2D eigenvalue weighted by Crippen LogP contribution is 2.27. The molecular weight excluding hydrogens is 178 g/mol. The fraction of sp³-hybridized carbons (Fsp3) is 0.364. The first-order valence-electron chi connectivity index (χ1n) is 4.63. The second kappa shape index (κ2) is 3.10. The molecule has 0 aliphatic carbocycles. The van der Waals surface area contributed by atoms with Crippen LogP contribution in [-0.4, -0.2) is 18.4 Å². The van der Waals surface area contributed by atoms with Crippen LogP contribution >= 0.6 is 0 Å². The average molecular weight is 191 g/mol. The normalized spacial score (nSPS) is 20.2. The molecule has 1 atom stereocenters. The molecule has 0 saturated heterocycles. The Bertz CT molecular complexity index is 399. The first kappa shape index (κ1) is 9.21. The summed E-state index contributed by atoms with van der Waals surface area (Å²) in [5, 5.41) is 0. The lowest BCUT2D eigenvalue weighted by atomic mass is 9.97. The predicted molar refractivity (Wildman–Crippen MR) is 53.7 cm³/mol. The predicted octanol–water partition coefficient (Wildman–Crippen LogP) is 1.21. The van der Waals surface area contributed by atoms with Gasteiger partial charge in [0.1, 0.15) is 18.4 Å². The third-order valence-electron chi connectivity index (χ3n) is 2.62. The molecule has 1 aromatic carbocycles. The van der Waals surface area contributed by atoms with Crippen LogP contribution in [0.3, 0.4) is 0 Å². The monoisotopic (exact) mass is 191 g/mol. The first-order chi connectivity index (χ1) is 6.59. The van der Waals surface area contributed by atoms with Crippen LogP contribution in [0.5, 0.6) is 5.75 Å². The number of nitrogens with two attached hydrogens (primary N) is 1. The molecule has 2 N–H and O–H groups in total. The van der Waals surface area contributed by atoms with Gasteiger partial charge in [-0.1, -0.05) is 0 Å². The highest BCUT2D eigenvalue weighted by Gasteiger charge is 2.26. The number of benzene rings is 1. The lowest BCUT2D eigenvalue weighted by molar-refractivity contribution is 0.0899. The maximum Gasteiger partial charge on any atom is 0.186 e. The van der Waals surface area contributed by atoms with Crippen molar-refractivity contribution in [3.8, 4) is 5.75 Å². The number of hydrogen-bond acceptors (Lipinski definition) is 3. The summed E-state index contributed by atoms with van der Waals surface area (Å²) in [6.45, 7) is 4.26. The highest BCUT2D eigenvalue weighted by molar-refractivity contribution is 6.03. The van der Waals surface area contributed by atoms with E-state index in [1.807, 2.05) is 26.0 Å². The lowest BCUT2D eigenvalue weighted by Gasteiger charge is -2.22. The van der Waals surface area contributed by atoms with Gasteiger partial charge in [0.25, 0.3) is 0 Å². The topological polar surface area (TPSA) is 52.3 Å². The minimum Gasteiger partial charge on any atom is -0.491 e. The number of ether oxygens (including phenoxy) is 1. The third-order valence-corrected chi connectivity index (χ3v) is 2.62. The van der Waals surface area contributed by atoms with Crippen LogP contribution in [0.2, 0.25) is 0 Å². The van der Waals surface area contributed by atoms with E-state index in [0.717, 1.165) is 11.1 Å². The molecule has 3 heteroatoms. The summed E-state index contributed by atoms with van der Waals surface area (Å²) in [7, 11) is 0. The van der Waals surface area contributed by atoms with Crippen LogP contribution in [-0.2, 0) is 0 Å². The molecule has 0 bridgehead atoms. The van der Waals surface area contributed by atoms with E-state index in [0.29, 0.717) is 11.3 Å². The molecule has 74 valence electrons. The smallest absolute Gasteiger partial charge is 0.186 e. The zero-order valence-corrected chi connectivity index (χ0v) is 8.33. The average Bonchev–Trinajstić information content (AvgIpc) is 2.15. The Balaban J connectivity index is 2.56. The van der Waals surface area contributed by atoms with E-state index in [4.69, 9.17) is 10.5 Å². The van der Waals surface area contributed by atoms with Crippen molar-refractivity contribution in [2.75, 3.05) is 6.61 Å². The van der Waals surface area contributed by atoms with E-state index < -0.39 is 6.04 Å². The van der Waals surface area contributed by atoms with Gasteiger partial charge in [0, 0.05) is 0 Å². The molecule has 0 radical (unpaired) electrons. The third kappa shape index (κ3) is 1.30. The molecule has 2 rings (SSSR count). The Hall–Kier alpha value is -1.35. The maximum absolute atomic E-state index is 11.7. The Morgan fingerprint density at radius 2 is 2.00 bits per heavy atom. The second-order valence-electron chi connectivity index (χ2n) is 3.71. The number of aryl methyl sites for hydroxylation is 2. The molecule has 0 fully saturated rings. The van der Waals surface area contributed by atoms with E-state index >= 15 is 0 Å². The fourth-order valence-electron chi connectivity index (χ4n) is 1.56. The van der Waals surface area contributed by atoms with E-state index in [-0.39, 0.29) is 12.4 Å². The summed E-state index contributed by atoms with van der Waals surface area (Å²) >= 11 is 0. The number of carbonyl (C=O) groups is 1. The number of ketones is 1. The lowest BCUT2D eigenvalue weighted by Crippen LogP contribution is -2.40. The molecule has 0 saturated carbocycles. The van der Waals surface area contributed by atoms with Gasteiger partial charge < -0.3 is 10.5 Å². The second-order valence-corrected chi connectivity index (χ2v) is 3.71. The van der Waals surface area contributed by atoms with Gasteiger partial charge in [0.15, 0.2) is 5.78 Å². The molecule has 3 nitrogen and oxygen atoms in total. The van der Waals surface area contributed by atoms with E-state index in [2.05, 4.69) is 0 Å². The minimum absolute atomic E-state index is 0.0191. The van der Waals surface area contributed by atoms with Gasteiger partial charge in [-0.3, -0.25) is 4.79 Å². The van der Waals surface area contributed by atoms with E-state index in [1.54, 1.807) is 0 Å². The Morgan fingerprint density at radius 1 is 1.36 bits per heavy atom. The van der Waals surface area contributed by atoms with Crippen molar-refractivity contribution < 1.29 is 9.53 Å². The van der Waals surface area contributed by atoms with Crippen LogP contribution < -0.4 is 10.5 Å². The zero-order valence-electron chi connectivity index (χ0n) is 8.33. The van der Waals surface area contributed by atoms with Crippen molar-refractivity contribution >= 4 is 5.78 Å². The summed E-state index contributed by atoms with van der Waals surface area (Å²) in [6, 6.07) is 3.24. The van der Waals surface area contributed by atoms with Gasteiger partial charge in [0.2, 0.25) is 0 Å². The van der Waals surface area contributed by atoms with Crippen molar-refractivity contribution in [1.29, 1.82) is 0 Å². The zero-order chi connectivity index (χ0) is 10.3. The minimum atomic E-state index is -0.510. The van der Waals surface area contributed by atoms with Gasteiger partial charge in [-0.25, -0.2) is 0 Å². The van der Waals surface area contributed by atoms with Crippen molar-refractivity contribution in [3.05, 3.63) is 28.8 Å². The van der Waals surface area contributed by atoms with Gasteiger partial charge >= 0.3 is 0 Å². The molecule has 1 unspecified atom stereocenters. The molecule has 1 aliphatic heterocycles. The number of carbonyl (C=O) groups excluding carboxylic acids is 1. The van der Waals surface area contributed by atoms with Gasteiger partial charge in [-0.05, 0) is 37.1 Å². The Morgan fingerprint density at radius 3 is 2.71 bits per heavy atom. The quantitative estimate of drug-likeness (QED) is 0.670. The first-order valence-corrected chi connectivity index (χ1v) is 4.63. The summed E-state index contributed by atoms with van der Waals surface area (Å²) < 4.78 is 5.40. The number of Topliss-reactive ketones (excluding diaryl/α,β-unsaturated/α-hetero) is 1. The molecule has 0 spiro atoms. The number of fused-ring (bicyclic) bond motifs is 1. The summed E-state index contributed by atoms with van der Waals surface area (Å²) in [6.07, 6.45) is 0. The molecule has 1 heterocycles. The van der Waals surface area contributed by atoms with Crippen LogP contribution in [0.4, 0.5) is 0 Å². The van der Waals surface area contributed by atoms with Crippen LogP contribution in [0.1, 0.15) is 21.5 Å². The van der Waals surface area contributed by atoms with Crippen molar-refractivity contribution in [2.45, 2.75) is 19.9 Å². The molecule has 14 heavy (non-hydrogen) atoms. The van der Waals surface area contributed by atoms with Gasteiger partial charge in [-0.15, -0.1) is 0 Å². The van der Waals surface area contributed by atoms with Crippen LogP contribution in [0, 0.1) is 13.8 Å². The molecule has 0 aromatic heterocycles. The summed E-state index contributed by atoms with van der Waals surface area (Å²) in [4.78, 5) is 11.7. The van der Waals surface area contributed by atoms with Gasteiger partial charge in [-0.2, -0.15) is 0 Å². The van der Waals surface area contributed by atoms with Gasteiger partial charge in [0.05, 0.1) is 5.56 Å². The Kier molecular flexibility index (Phi) is 2.04. The van der Waals surface area contributed by atoms with E-state index in [1.165, 1.54) is 0 Å². The molecule has 0 amide bonds. The molecular formula is C11H13NO2. The van der Waals surface area contributed by atoms with Crippen molar-refractivity contribution in [1.82, 2.24) is 0 Å². The maximum atomic E-state index is 11.7. The van der Waals surface area contributed by atoms with Crippen molar-refractivity contribution in [2.24, 2.45) is 5.73 Å². The SMILES string of the molecule is Cc1cc2c(cc1C)C(=O)C(N)CO2.